The van der Waals surface area contributed by atoms with Gasteiger partial charge in [-0.2, -0.15) is 0 Å². The minimum absolute atomic E-state index is 0.162. The van der Waals surface area contributed by atoms with Crippen molar-refractivity contribution in [1.29, 1.82) is 0 Å². The molecule has 3 aromatic rings. The normalized spacial score (nSPS) is 10.4. The van der Waals surface area contributed by atoms with Gasteiger partial charge in [-0.15, -0.1) is 11.8 Å². The van der Waals surface area contributed by atoms with Crippen molar-refractivity contribution in [1.82, 2.24) is 0 Å². The standard InChI is InChI=1S/C20H17BrN2OS/c21-16-9-11-17(12-10-16)25-13-14-5-7-15(8-6-14)20(24)23-19-4-2-1-3-18(19)22/h1-12H,13,22H2,(H,23,24). The van der Waals surface area contributed by atoms with E-state index in [1.165, 1.54) is 10.5 Å². The van der Waals surface area contributed by atoms with Crippen LogP contribution in [0.25, 0.3) is 0 Å². The van der Waals surface area contributed by atoms with Gasteiger partial charge in [-0.25, -0.2) is 0 Å². The van der Waals surface area contributed by atoms with Crippen LogP contribution in [0, 0.1) is 0 Å². The lowest BCUT2D eigenvalue weighted by molar-refractivity contribution is 0.102. The second kappa shape index (κ2) is 8.23. The van der Waals surface area contributed by atoms with Gasteiger partial charge in [-0.05, 0) is 54.1 Å². The number of halogens is 1. The highest BCUT2D eigenvalue weighted by Gasteiger charge is 2.08. The van der Waals surface area contributed by atoms with E-state index < -0.39 is 0 Å². The van der Waals surface area contributed by atoms with Crippen molar-refractivity contribution < 1.29 is 4.79 Å². The second-order valence-electron chi connectivity index (χ2n) is 5.48. The summed E-state index contributed by atoms with van der Waals surface area (Å²) in [5.41, 5.74) is 8.82. The lowest BCUT2D eigenvalue weighted by Crippen LogP contribution is -2.13. The number of amides is 1. The van der Waals surface area contributed by atoms with E-state index in [1.54, 1.807) is 23.9 Å². The van der Waals surface area contributed by atoms with Crippen LogP contribution in [0.1, 0.15) is 15.9 Å². The van der Waals surface area contributed by atoms with E-state index in [0.29, 0.717) is 16.9 Å². The summed E-state index contributed by atoms with van der Waals surface area (Å²) in [5.74, 6) is 0.694. The zero-order chi connectivity index (χ0) is 17.6. The third kappa shape index (κ3) is 4.87. The fraction of sp³-hybridized carbons (Fsp3) is 0.0500. The highest BCUT2D eigenvalue weighted by molar-refractivity contribution is 9.10. The van der Waals surface area contributed by atoms with Crippen molar-refractivity contribution in [3.8, 4) is 0 Å². The first kappa shape index (κ1) is 17.6. The van der Waals surface area contributed by atoms with Gasteiger partial charge in [0.25, 0.3) is 5.91 Å². The Morgan fingerprint density at radius 3 is 2.32 bits per heavy atom. The summed E-state index contributed by atoms with van der Waals surface area (Å²) in [7, 11) is 0. The molecule has 5 heteroatoms. The number of rotatable bonds is 5. The number of thioether (sulfide) groups is 1. The minimum Gasteiger partial charge on any atom is -0.397 e. The summed E-state index contributed by atoms with van der Waals surface area (Å²) >= 11 is 5.20. The molecule has 25 heavy (non-hydrogen) atoms. The minimum atomic E-state index is -0.162. The molecule has 3 nitrogen and oxygen atoms in total. The predicted octanol–water partition coefficient (Wildman–Crippen LogP) is 5.58. The van der Waals surface area contributed by atoms with Gasteiger partial charge >= 0.3 is 0 Å². The summed E-state index contributed by atoms with van der Waals surface area (Å²) in [6, 6.07) is 23.1. The van der Waals surface area contributed by atoms with Crippen LogP contribution < -0.4 is 11.1 Å². The van der Waals surface area contributed by atoms with Crippen LogP contribution in [0.3, 0.4) is 0 Å². The summed E-state index contributed by atoms with van der Waals surface area (Å²) < 4.78 is 1.08. The number of nitrogens with one attached hydrogen (secondary N) is 1. The Hall–Kier alpha value is -2.24. The van der Waals surface area contributed by atoms with Crippen LogP contribution in [0.2, 0.25) is 0 Å². The fourth-order valence-electron chi connectivity index (χ4n) is 2.26. The molecule has 0 fully saturated rings. The molecule has 0 heterocycles. The number of nitrogens with two attached hydrogens (primary N) is 1. The molecule has 0 saturated heterocycles. The number of carbonyl (C=O) groups excluding carboxylic acids is 1. The number of hydrogen-bond donors (Lipinski definition) is 2. The summed E-state index contributed by atoms with van der Waals surface area (Å²) in [4.78, 5) is 13.5. The molecule has 0 aromatic heterocycles. The van der Waals surface area contributed by atoms with E-state index in [-0.39, 0.29) is 5.91 Å². The van der Waals surface area contributed by atoms with E-state index in [1.807, 2.05) is 48.5 Å². The van der Waals surface area contributed by atoms with Crippen molar-refractivity contribution in [3.05, 3.63) is 88.4 Å². The average molecular weight is 413 g/mol. The highest BCUT2D eigenvalue weighted by atomic mass is 79.9. The van der Waals surface area contributed by atoms with Gasteiger partial charge in [0.2, 0.25) is 0 Å². The predicted molar refractivity (Wildman–Crippen MR) is 109 cm³/mol. The van der Waals surface area contributed by atoms with Gasteiger partial charge in [0.15, 0.2) is 0 Å². The van der Waals surface area contributed by atoms with Gasteiger partial charge in [-0.3, -0.25) is 4.79 Å². The molecule has 3 N–H and O–H groups in total. The molecular weight excluding hydrogens is 396 g/mol. The molecular formula is C20H17BrN2OS. The third-order valence-electron chi connectivity index (χ3n) is 3.64. The van der Waals surface area contributed by atoms with E-state index in [2.05, 4.69) is 33.4 Å². The second-order valence-corrected chi connectivity index (χ2v) is 7.45. The molecule has 0 aliphatic heterocycles. The zero-order valence-corrected chi connectivity index (χ0v) is 15.8. The SMILES string of the molecule is Nc1ccccc1NC(=O)c1ccc(CSc2ccc(Br)cc2)cc1. The van der Waals surface area contributed by atoms with Gasteiger partial charge in [-0.1, -0.05) is 40.2 Å². The molecule has 3 rings (SSSR count). The molecule has 0 bridgehead atoms. The highest BCUT2D eigenvalue weighted by Crippen LogP contribution is 2.25. The van der Waals surface area contributed by atoms with Crippen molar-refractivity contribution in [3.63, 3.8) is 0 Å². The van der Waals surface area contributed by atoms with Gasteiger partial charge in [0.1, 0.15) is 0 Å². The van der Waals surface area contributed by atoms with Crippen LogP contribution in [-0.4, -0.2) is 5.91 Å². The maximum Gasteiger partial charge on any atom is 0.255 e. The molecule has 0 spiro atoms. The molecule has 0 aliphatic carbocycles. The summed E-state index contributed by atoms with van der Waals surface area (Å²) in [6.07, 6.45) is 0. The number of hydrogen-bond acceptors (Lipinski definition) is 3. The number of carbonyl (C=O) groups is 1. The Bertz CT molecular complexity index is 864. The first-order chi connectivity index (χ1) is 12.1. The van der Waals surface area contributed by atoms with E-state index in [9.17, 15) is 4.79 Å². The lowest BCUT2D eigenvalue weighted by Gasteiger charge is -2.08. The fourth-order valence-corrected chi connectivity index (χ4v) is 3.37. The molecule has 126 valence electrons. The molecule has 1 amide bonds. The lowest BCUT2D eigenvalue weighted by atomic mass is 10.1. The van der Waals surface area contributed by atoms with Crippen molar-refractivity contribution in [2.24, 2.45) is 0 Å². The molecule has 0 saturated carbocycles. The van der Waals surface area contributed by atoms with Crippen molar-refractivity contribution >= 4 is 45.0 Å². The van der Waals surface area contributed by atoms with Crippen molar-refractivity contribution in [2.75, 3.05) is 11.1 Å². The molecule has 0 atom stereocenters. The summed E-state index contributed by atoms with van der Waals surface area (Å²) in [5, 5.41) is 2.84. The maximum absolute atomic E-state index is 12.3. The quantitative estimate of drug-likeness (QED) is 0.424. The zero-order valence-electron chi connectivity index (χ0n) is 13.4. The Labute approximate surface area is 159 Å². The van der Waals surface area contributed by atoms with Gasteiger partial charge < -0.3 is 11.1 Å². The molecule has 0 radical (unpaired) electrons. The molecule has 0 aliphatic rings. The Balaban J connectivity index is 1.60. The summed E-state index contributed by atoms with van der Waals surface area (Å²) in [6.45, 7) is 0. The third-order valence-corrected chi connectivity index (χ3v) is 5.26. The largest absolute Gasteiger partial charge is 0.397 e. The molecule has 0 unspecified atom stereocenters. The Morgan fingerprint density at radius 2 is 1.64 bits per heavy atom. The van der Waals surface area contributed by atoms with Crippen molar-refractivity contribution in [2.45, 2.75) is 10.6 Å². The first-order valence-electron chi connectivity index (χ1n) is 7.75. The van der Waals surface area contributed by atoms with Crippen LogP contribution in [-0.2, 0) is 5.75 Å². The number of nitrogen functional groups attached to an aromatic ring is 1. The van der Waals surface area contributed by atoms with E-state index >= 15 is 0 Å². The van der Waals surface area contributed by atoms with E-state index in [0.717, 1.165) is 10.2 Å². The van der Waals surface area contributed by atoms with Crippen LogP contribution in [0.4, 0.5) is 11.4 Å². The van der Waals surface area contributed by atoms with Crippen LogP contribution in [0.5, 0.6) is 0 Å². The van der Waals surface area contributed by atoms with E-state index in [4.69, 9.17) is 5.73 Å². The molecule has 3 aromatic carbocycles. The smallest absolute Gasteiger partial charge is 0.255 e. The topological polar surface area (TPSA) is 55.1 Å². The average Bonchev–Trinajstić information content (AvgIpc) is 2.63. The number of benzene rings is 3. The Morgan fingerprint density at radius 1 is 0.960 bits per heavy atom. The van der Waals surface area contributed by atoms with Gasteiger partial charge in [0.05, 0.1) is 11.4 Å². The first-order valence-corrected chi connectivity index (χ1v) is 9.53. The van der Waals surface area contributed by atoms with Crippen LogP contribution >= 0.6 is 27.7 Å². The monoisotopic (exact) mass is 412 g/mol. The Kier molecular flexibility index (Phi) is 5.79. The van der Waals surface area contributed by atoms with Crippen LogP contribution in [0.15, 0.2) is 82.2 Å². The number of anilines is 2. The maximum atomic E-state index is 12.3. The number of para-hydroxylation sites is 2. The van der Waals surface area contributed by atoms with Gasteiger partial charge in [0, 0.05) is 20.7 Å².